The number of fused-ring (bicyclic) bond motifs is 1. The van der Waals surface area contributed by atoms with Gasteiger partial charge in [-0.05, 0) is 19.8 Å². The number of rotatable bonds is 5. The van der Waals surface area contributed by atoms with Gasteiger partial charge in [-0.15, -0.1) is 11.3 Å². The third-order valence-electron chi connectivity index (χ3n) is 5.55. The summed E-state index contributed by atoms with van der Waals surface area (Å²) in [6.45, 7) is 7.98. The van der Waals surface area contributed by atoms with Gasteiger partial charge in [0.25, 0.3) is 11.5 Å². The van der Waals surface area contributed by atoms with E-state index in [1.165, 1.54) is 18.4 Å². The number of hydroxylamine groups is 2. The second kappa shape index (κ2) is 8.30. The van der Waals surface area contributed by atoms with Crippen molar-refractivity contribution in [3.63, 3.8) is 0 Å². The Bertz CT molecular complexity index is 1300. The summed E-state index contributed by atoms with van der Waals surface area (Å²) in [4.78, 5) is 46.0. The average molecular weight is 463 g/mol. The normalized spacial score (nSPS) is 16.6. The van der Waals surface area contributed by atoms with Crippen LogP contribution in [0.1, 0.15) is 46.1 Å². The van der Waals surface area contributed by atoms with Crippen molar-refractivity contribution < 1.29 is 19.3 Å². The van der Waals surface area contributed by atoms with Crippen molar-refractivity contribution in [3.05, 3.63) is 48.3 Å². The van der Waals surface area contributed by atoms with Crippen LogP contribution in [-0.2, 0) is 24.9 Å². The van der Waals surface area contributed by atoms with E-state index in [0.29, 0.717) is 34.1 Å². The third kappa shape index (κ3) is 3.70. The minimum Gasteiger partial charge on any atom is -0.389 e. The number of aromatic nitrogens is 3. The number of nitrogens with zero attached hydrogens (tertiary/aromatic N) is 4. The molecule has 1 N–H and O–H groups in total. The highest BCUT2D eigenvalue weighted by Gasteiger charge is 2.33. The van der Waals surface area contributed by atoms with Gasteiger partial charge in [-0.2, -0.15) is 0 Å². The number of carbonyl (C=O) groups is 1. The number of hydrogen-bond donors (Lipinski definition) is 1. The lowest BCUT2D eigenvalue weighted by atomic mass is 10.0. The van der Waals surface area contributed by atoms with Crippen molar-refractivity contribution in [2.45, 2.75) is 46.8 Å². The van der Waals surface area contributed by atoms with Crippen molar-refractivity contribution in [2.75, 3.05) is 13.2 Å². The van der Waals surface area contributed by atoms with Gasteiger partial charge >= 0.3 is 5.69 Å². The molecule has 3 aromatic rings. The van der Waals surface area contributed by atoms with Gasteiger partial charge < -0.3 is 9.63 Å². The van der Waals surface area contributed by atoms with Gasteiger partial charge in [0, 0.05) is 30.5 Å². The van der Waals surface area contributed by atoms with Gasteiger partial charge in [0.2, 0.25) is 0 Å². The Morgan fingerprint density at radius 3 is 2.59 bits per heavy atom. The van der Waals surface area contributed by atoms with E-state index < -0.39 is 23.3 Å². The molecule has 1 amide bonds. The summed E-state index contributed by atoms with van der Waals surface area (Å²) in [5, 5.41) is 15.1. The summed E-state index contributed by atoms with van der Waals surface area (Å²) in [7, 11) is 1.41. The molecule has 0 radical (unpaired) electrons. The molecule has 10 nitrogen and oxygen atoms in total. The molecule has 3 aromatic heterocycles. The van der Waals surface area contributed by atoms with E-state index in [-0.39, 0.29) is 30.0 Å². The second-order valence-corrected chi connectivity index (χ2v) is 9.61. The Morgan fingerprint density at radius 1 is 1.31 bits per heavy atom. The van der Waals surface area contributed by atoms with Crippen LogP contribution < -0.4 is 11.2 Å². The van der Waals surface area contributed by atoms with E-state index in [4.69, 9.17) is 9.36 Å². The summed E-state index contributed by atoms with van der Waals surface area (Å²) in [5.74, 6) is 0.262. The predicted molar refractivity (Wildman–Crippen MR) is 118 cm³/mol. The molecule has 1 unspecified atom stereocenters. The molecule has 1 aliphatic heterocycles. The quantitative estimate of drug-likeness (QED) is 0.608. The van der Waals surface area contributed by atoms with Crippen LogP contribution in [0.25, 0.3) is 10.2 Å². The Kier molecular flexibility index (Phi) is 5.82. The number of β-amino-alcohol motifs (C(OH)–C–C–N with tert-alkyl or cyclic N) is 1. The fourth-order valence-electron chi connectivity index (χ4n) is 3.91. The maximum atomic E-state index is 13.5. The second-order valence-electron chi connectivity index (χ2n) is 8.53. The first kappa shape index (κ1) is 22.4. The van der Waals surface area contributed by atoms with E-state index >= 15 is 0 Å². The number of thiophene rings is 1. The Morgan fingerprint density at radius 2 is 2.03 bits per heavy atom. The molecule has 0 aromatic carbocycles. The molecule has 0 saturated carbocycles. The summed E-state index contributed by atoms with van der Waals surface area (Å²) >= 11 is 1.25. The lowest BCUT2D eigenvalue weighted by molar-refractivity contribution is -0.0778. The van der Waals surface area contributed by atoms with Gasteiger partial charge in [-0.3, -0.25) is 23.6 Å². The van der Waals surface area contributed by atoms with Crippen LogP contribution in [0.4, 0.5) is 0 Å². The van der Waals surface area contributed by atoms with Crippen LogP contribution in [0.5, 0.6) is 0 Å². The summed E-state index contributed by atoms with van der Waals surface area (Å²) in [6, 6.07) is 0. The van der Waals surface area contributed by atoms with Gasteiger partial charge in [0.15, 0.2) is 0 Å². The van der Waals surface area contributed by atoms with Crippen molar-refractivity contribution >= 4 is 27.5 Å². The molecule has 11 heteroatoms. The number of amides is 1. The van der Waals surface area contributed by atoms with Crippen LogP contribution in [0.3, 0.4) is 0 Å². The predicted octanol–water partition coefficient (Wildman–Crippen LogP) is 1.36. The Hall–Kier alpha value is -2.76. The highest BCUT2D eigenvalue weighted by molar-refractivity contribution is 7.19. The van der Waals surface area contributed by atoms with Gasteiger partial charge in [-0.1, -0.05) is 19.0 Å². The standard InChI is InChI=1S/C21H26N4O6S/c1-10(2)7-24-20-17(18(27)23(5)21(24)29)16(19(28)25-8-13(26)9-30-25)15(32-20)6-14-11(3)22-31-12(14)4/h10,13,26H,6-9H2,1-5H3. The van der Waals surface area contributed by atoms with Crippen molar-refractivity contribution in [3.8, 4) is 0 Å². The van der Waals surface area contributed by atoms with Gasteiger partial charge in [0.05, 0.1) is 23.2 Å². The molecule has 32 heavy (non-hydrogen) atoms. The largest absolute Gasteiger partial charge is 0.389 e. The third-order valence-corrected chi connectivity index (χ3v) is 6.76. The average Bonchev–Trinajstić information content (AvgIpc) is 3.42. The highest BCUT2D eigenvalue weighted by atomic mass is 32.1. The molecule has 0 aliphatic carbocycles. The van der Waals surface area contributed by atoms with E-state index in [0.717, 1.165) is 15.2 Å². The molecule has 1 aliphatic rings. The van der Waals surface area contributed by atoms with E-state index in [1.54, 1.807) is 11.5 Å². The zero-order chi connectivity index (χ0) is 23.3. The van der Waals surface area contributed by atoms with Crippen molar-refractivity contribution in [1.82, 2.24) is 19.4 Å². The number of hydrogen-bond acceptors (Lipinski definition) is 8. The molecule has 4 heterocycles. The van der Waals surface area contributed by atoms with E-state index in [9.17, 15) is 19.5 Å². The number of aliphatic hydroxyl groups excluding tert-OH is 1. The topological polar surface area (TPSA) is 120 Å². The highest BCUT2D eigenvalue weighted by Crippen LogP contribution is 2.33. The minimum absolute atomic E-state index is 0.00305. The van der Waals surface area contributed by atoms with Crippen LogP contribution in [0.15, 0.2) is 14.1 Å². The zero-order valence-electron chi connectivity index (χ0n) is 18.7. The molecule has 0 spiro atoms. The summed E-state index contributed by atoms with van der Waals surface area (Å²) in [5.41, 5.74) is 0.751. The van der Waals surface area contributed by atoms with Crippen LogP contribution >= 0.6 is 11.3 Å². The maximum Gasteiger partial charge on any atom is 0.331 e. The molecule has 4 rings (SSSR count). The van der Waals surface area contributed by atoms with Crippen LogP contribution in [0, 0.1) is 19.8 Å². The van der Waals surface area contributed by atoms with Crippen molar-refractivity contribution in [1.29, 1.82) is 0 Å². The molecule has 172 valence electrons. The molecule has 1 fully saturated rings. The molecular weight excluding hydrogens is 436 g/mol. The molecule has 0 bridgehead atoms. The number of aryl methyl sites for hydroxylation is 2. The first-order chi connectivity index (χ1) is 15.1. The van der Waals surface area contributed by atoms with Gasteiger partial charge in [0.1, 0.15) is 23.3 Å². The lowest BCUT2D eigenvalue weighted by Gasteiger charge is -2.15. The summed E-state index contributed by atoms with van der Waals surface area (Å²) in [6.07, 6.45) is -0.478. The smallest absolute Gasteiger partial charge is 0.331 e. The monoisotopic (exact) mass is 462 g/mol. The van der Waals surface area contributed by atoms with Crippen molar-refractivity contribution in [2.24, 2.45) is 13.0 Å². The number of aliphatic hydroxyl groups is 1. The number of carbonyl (C=O) groups excluding carboxylic acids is 1. The minimum atomic E-state index is -0.795. The first-order valence-corrected chi connectivity index (χ1v) is 11.2. The molecular formula is C21H26N4O6S. The van der Waals surface area contributed by atoms with E-state index in [2.05, 4.69) is 5.16 Å². The van der Waals surface area contributed by atoms with Crippen LogP contribution in [0.2, 0.25) is 0 Å². The Balaban J connectivity index is 2.00. The molecule has 1 saturated heterocycles. The fraction of sp³-hybridized carbons (Fsp3) is 0.524. The first-order valence-electron chi connectivity index (χ1n) is 10.4. The van der Waals surface area contributed by atoms with E-state index in [1.807, 2.05) is 20.8 Å². The molecule has 1 atom stereocenters. The van der Waals surface area contributed by atoms with Crippen LogP contribution in [-0.4, -0.2) is 49.6 Å². The maximum absolute atomic E-state index is 13.5. The summed E-state index contributed by atoms with van der Waals surface area (Å²) < 4.78 is 7.86. The Labute approximate surface area is 187 Å². The van der Waals surface area contributed by atoms with Gasteiger partial charge in [-0.25, -0.2) is 9.86 Å². The fourth-order valence-corrected chi connectivity index (χ4v) is 5.20. The lowest BCUT2D eigenvalue weighted by Crippen LogP contribution is -2.39. The zero-order valence-corrected chi connectivity index (χ0v) is 19.5. The SMILES string of the molecule is Cc1noc(C)c1Cc1sc2c(c1C(=O)N1CC(O)CO1)c(=O)n(C)c(=O)n2CC(C)C.